The van der Waals surface area contributed by atoms with Crippen LogP contribution in [0.25, 0.3) is 11.1 Å². The predicted molar refractivity (Wildman–Crippen MR) is 146 cm³/mol. The number of methoxy groups -OCH3 is 1. The van der Waals surface area contributed by atoms with Gasteiger partial charge in [-0.15, -0.1) is 12.4 Å². The highest BCUT2D eigenvalue weighted by Gasteiger charge is 2.39. The number of aliphatic carboxylic acids is 1. The Bertz CT molecular complexity index is 1330. The summed E-state index contributed by atoms with van der Waals surface area (Å²) in [5, 5.41) is 9.67. The first-order valence-corrected chi connectivity index (χ1v) is 12.9. The molecule has 3 aromatic rings. The molecular weight excluding hydrogens is 507 g/mol. The van der Waals surface area contributed by atoms with Crippen molar-refractivity contribution in [2.75, 3.05) is 7.11 Å². The molecule has 4 atom stereocenters. The van der Waals surface area contributed by atoms with Crippen LogP contribution in [-0.4, -0.2) is 23.2 Å². The predicted octanol–water partition coefficient (Wildman–Crippen LogP) is 6.62. The second kappa shape index (κ2) is 11.3. The van der Waals surface area contributed by atoms with E-state index in [1.165, 1.54) is 7.11 Å². The molecule has 1 aliphatic heterocycles. The number of nitrogens with two attached hydrogens (primary N) is 1. The molecule has 0 amide bonds. The third-order valence-corrected chi connectivity index (χ3v) is 7.75. The Morgan fingerprint density at radius 2 is 1.89 bits per heavy atom. The van der Waals surface area contributed by atoms with E-state index in [0.717, 1.165) is 59.9 Å². The minimum atomic E-state index is -0.764. The zero-order valence-electron chi connectivity index (χ0n) is 21.8. The number of aryl methyl sites for hydroxylation is 1. The van der Waals surface area contributed by atoms with Crippen molar-refractivity contribution in [1.29, 1.82) is 0 Å². The molecule has 1 aromatic heterocycles. The zero-order chi connectivity index (χ0) is 26.3. The maximum atomic E-state index is 14.7. The summed E-state index contributed by atoms with van der Waals surface area (Å²) in [6.07, 6.45) is 4.78. The van der Waals surface area contributed by atoms with Crippen molar-refractivity contribution in [3.8, 4) is 22.8 Å². The van der Waals surface area contributed by atoms with Crippen molar-refractivity contribution in [3.05, 3.63) is 76.7 Å². The molecule has 1 fully saturated rings. The summed E-state index contributed by atoms with van der Waals surface area (Å²) < 4.78 is 26.4. The molecule has 3 N–H and O–H groups in total. The summed E-state index contributed by atoms with van der Waals surface area (Å²) in [6, 6.07) is 13.3. The van der Waals surface area contributed by atoms with Crippen molar-refractivity contribution in [2.45, 2.75) is 57.6 Å². The Morgan fingerprint density at radius 3 is 2.55 bits per heavy atom. The van der Waals surface area contributed by atoms with Gasteiger partial charge in [0.05, 0.1) is 19.2 Å². The van der Waals surface area contributed by atoms with E-state index >= 15 is 0 Å². The van der Waals surface area contributed by atoms with Crippen LogP contribution in [0.4, 0.5) is 4.39 Å². The Labute approximate surface area is 228 Å². The fraction of sp³-hybridized carbons (Fsp3) is 0.400. The molecule has 0 saturated heterocycles. The highest BCUT2D eigenvalue weighted by atomic mass is 35.5. The van der Waals surface area contributed by atoms with E-state index in [9.17, 15) is 14.3 Å². The fourth-order valence-corrected chi connectivity index (χ4v) is 5.55. The van der Waals surface area contributed by atoms with Crippen LogP contribution in [0.2, 0.25) is 0 Å². The minimum Gasteiger partial charge on any atom is -0.485 e. The number of nitrogens with zero attached hydrogens (tertiary/aromatic N) is 1. The molecule has 0 spiro atoms. The van der Waals surface area contributed by atoms with Crippen LogP contribution in [0.5, 0.6) is 11.6 Å². The number of pyridine rings is 1. The van der Waals surface area contributed by atoms with Crippen molar-refractivity contribution in [2.24, 2.45) is 17.6 Å². The molecule has 5 rings (SSSR count). The van der Waals surface area contributed by atoms with E-state index in [1.54, 1.807) is 13.0 Å². The quantitative estimate of drug-likeness (QED) is 0.333. The molecule has 8 heteroatoms. The Balaban J connectivity index is 0.00000336. The number of halogens is 2. The summed E-state index contributed by atoms with van der Waals surface area (Å²) in [7, 11) is 1.50. The average Bonchev–Trinajstić information content (AvgIpc) is 3.73. The van der Waals surface area contributed by atoms with Gasteiger partial charge in [0.15, 0.2) is 0 Å². The Kier molecular flexibility index (Phi) is 8.28. The molecule has 1 unspecified atom stereocenters. The number of carboxylic acids is 1. The first kappa shape index (κ1) is 27.9. The van der Waals surface area contributed by atoms with Gasteiger partial charge < -0.3 is 20.3 Å². The molecule has 2 aliphatic rings. The van der Waals surface area contributed by atoms with Gasteiger partial charge >= 0.3 is 5.97 Å². The van der Waals surface area contributed by atoms with Gasteiger partial charge in [-0.25, -0.2) is 9.37 Å². The lowest BCUT2D eigenvalue weighted by Gasteiger charge is -2.29. The van der Waals surface area contributed by atoms with E-state index in [2.05, 4.69) is 17.1 Å². The largest absolute Gasteiger partial charge is 0.485 e. The van der Waals surface area contributed by atoms with Gasteiger partial charge in [-0.05, 0) is 84.4 Å². The minimum absolute atomic E-state index is 0. The van der Waals surface area contributed by atoms with Crippen molar-refractivity contribution in [3.63, 3.8) is 0 Å². The van der Waals surface area contributed by atoms with Gasteiger partial charge in [-0.3, -0.25) is 4.79 Å². The van der Waals surface area contributed by atoms with Gasteiger partial charge in [0, 0.05) is 17.7 Å². The number of hydrogen-bond donors (Lipinski definition) is 2. The highest BCUT2D eigenvalue weighted by Crippen LogP contribution is 2.48. The zero-order valence-corrected chi connectivity index (χ0v) is 22.6. The number of ether oxygens (including phenoxy) is 2. The molecule has 38 heavy (non-hydrogen) atoms. The van der Waals surface area contributed by atoms with Crippen molar-refractivity contribution < 1.29 is 23.8 Å². The van der Waals surface area contributed by atoms with Gasteiger partial charge in [-0.1, -0.05) is 31.2 Å². The normalized spacial score (nSPS) is 18.8. The molecule has 202 valence electrons. The number of fused-ring (bicyclic) bond motifs is 1. The van der Waals surface area contributed by atoms with Crippen molar-refractivity contribution in [1.82, 2.24) is 4.98 Å². The van der Waals surface area contributed by atoms with Gasteiger partial charge in [-0.2, -0.15) is 0 Å². The van der Waals surface area contributed by atoms with E-state index in [-0.39, 0.29) is 30.5 Å². The van der Waals surface area contributed by atoms with E-state index in [4.69, 9.17) is 15.2 Å². The molecule has 2 aromatic carbocycles. The average molecular weight is 541 g/mol. The monoisotopic (exact) mass is 540 g/mol. The first-order chi connectivity index (χ1) is 17.8. The van der Waals surface area contributed by atoms with E-state index in [0.29, 0.717) is 22.9 Å². The van der Waals surface area contributed by atoms with Crippen LogP contribution < -0.4 is 15.2 Å². The third kappa shape index (κ3) is 5.49. The molecule has 1 aliphatic carbocycles. The first-order valence-electron chi connectivity index (χ1n) is 12.9. The standard InChI is InChI=1S/C30H33FN2O4.ClH/c1-16(30(34)35)29(19-5-6-19)21-7-4-18-9-11-26(37-27(18)13-21)20-8-10-22(23(12-20)17(2)32)24-14-28(36-3)33-15-25(24)31;/h4,7-8,10,12-17,19,26,29H,5-6,9,11,32H2,1-3H3,(H,34,35);1H/t16-,17-,26?,29-;/m0./s1. The molecule has 1 saturated carbocycles. The lowest BCUT2D eigenvalue weighted by Crippen LogP contribution is -2.21. The molecule has 2 heterocycles. The van der Waals surface area contributed by atoms with Crippen LogP contribution in [-0.2, 0) is 11.2 Å². The van der Waals surface area contributed by atoms with Crippen LogP contribution in [0.15, 0.2) is 48.7 Å². The smallest absolute Gasteiger partial charge is 0.306 e. The highest BCUT2D eigenvalue weighted by molar-refractivity contribution is 5.85. The Hall–Kier alpha value is -3.16. The van der Waals surface area contributed by atoms with Crippen LogP contribution in [0.1, 0.15) is 73.4 Å². The van der Waals surface area contributed by atoms with Crippen LogP contribution in [0.3, 0.4) is 0 Å². The summed E-state index contributed by atoms with van der Waals surface area (Å²) in [5.74, 6) is -0.0980. The number of benzene rings is 2. The van der Waals surface area contributed by atoms with Gasteiger partial charge in [0.2, 0.25) is 5.88 Å². The third-order valence-electron chi connectivity index (χ3n) is 7.75. The second-order valence-electron chi connectivity index (χ2n) is 10.3. The number of carboxylic acid groups (broad SMARTS) is 1. The van der Waals surface area contributed by atoms with Crippen LogP contribution in [0, 0.1) is 17.7 Å². The van der Waals surface area contributed by atoms with E-state index < -0.39 is 17.7 Å². The van der Waals surface area contributed by atoms with Gasteiger partial charge in [0.25, 0.3) is 0 Å². The number of carbonyl (C=O) groups is 1. The molecular formula is C30H34ClFN2O4. The summed E-state index contributed by atoms with van der Waals surface area (Å²) in [4.78, 5) is 15.7. The van der Waals surface area contributed by atoms with E-state index in [1.807, 2.05) is 31.2 Å². The SMILES string of the molecule is COc1cc(-c2ccc(C3CCc4ccc([C@H](C5CC5)[C@H](C)C(=O)O)cc4O3)cc2[C@H](C)N)c(F)cn1.Cl. The number of rotatable bonds is 8. The second-order valence-corrected chi connectivity index (χ2v) is 10.3. The lowest BCUT2D eigenvalue weighted by molar-refractivity contribution is -0.142. The topological polar surface area (TPSA) is 94.7 Å². The lowest BCUT2D eigenvalue weighted by atomic mass is 9.82. The fourth-order valence-electron chi connectivity index (χ4n) is 5.55. The van der Waals surface area contributed by atoms with Crippen molar-refractivity contribution >= 4 is 18.4 Å². The maximum Gasteiger partial charge on any atom is 0.306 e. The summed E-state index contributed by atoms with van der Waals surface area (Å²) >= 11 is 0. The summed E-state index contributed by atoms with van der Waals surface area (Å²) in [6.45, 7) is 3.68. The molecule has 6 nitrogen and oxygen atoms in total. The maximum absolute atomic E-state index is 14.7. The van der Waals surface area contributed by atoms with Crippen LogP contribution >= 0.6 is 12.4 Å². The number of aromatic nitrogens is 1. The summed E-state index contributed by atoms with van der Waals surface area (Å²) in [5.41, 5.74) is 11.4. The van der Waals surface area contributed by atoms with Gasteiger partial charge in [0.1, 0.15) is 17.7 Å². The molecule has 0 radical (unpaired) electrons. The number of hydrogen-bond acceptors (Lipinski definition) is 5. The Morgan fingerprint density at radius 1 is 1.13 bits per heavy atom. The molecule has 0 bridgehead atoms.